The third kappa shape index (κ3) is 6.26. The Morgan fingerprint density at radius 3 is 2.29 bits per heavy atom. The second-order valence-electron chi connectivity index (χ2n) is 7.29. The summed E-state index contributed by atoms with van der Waals surface area (Å²) in [7, 11) is 0. The molecule has 0 spiro atoms. The molecule has 0 aliphatic heterocycles. The van der Waals surface area contributed by atoms with E-state index in [4.69, 9.17) is 9.47 Å². The van der Waals surface area contributed by atoms with E-state index in [2.05, 4.69) is 31.6 Å². The van der Waals surface area contributed by atoms with Gasteiger partial charge in [-0.2, -0.15) is 0 Å². The Labute approximate surface area is 164 Å². The van der Waals surface area contributed by atoms with Gasteiger partial charge in [0.15, 0.2) is 24.3 Å². The van der Waals surface area contributed by atoms with Crippen molar-refractivity contribution in [1.29, 1.82) is 0 Å². The molecule has 0 bridgehead atoms. The van der Waals surface area contributed by atoms with Crippen LogP contribution in [0.2, 0.25) is 0 Å². The number of amides is 2. The van der Waals surface area contributed by atoms with Gasteiger partial charge in [-0.3, -0.25) is 20.4 Å². The maximum absolute atomic E-state index is 13.5. The van der Waals surface area contributed by atoms with Crippen LogP contribution in [0.25, 0.3) is 0 Å². The monoisotopic (exact) mass is 388 g/mol. The van der Waals surface area contributed by atoms with Crippen LogP contribution in [0.3, 0.4) is 0 Å². The molecule has 28 heavy (non-hydrogen) atoms. The minimum Gasteiger partial charge on any atom is -0.484 e. The number of halogens is 1. The Morgan fingerprint density at radius 2 is 1.68 bits per heavy atom. The molecule has 2 N–H and O–H groups in total. The lowest BCUT2D eigenvalue weighted by Gasteiger charge is -2.19. The highest BCUT2D eigenvalue weighted by Gasteiger charge is 2.17. The van der Waals surface area contributed by atoms with Crippen LogP contribution in [0.1, 0.15) is 33.3 Å². The van der Waals surface area contributed by atoms with E-state index < -0.39 is 23.7 Å². The topological polar surface area (TPSA) is 76.7 Å². The summed E-state index contributed by atoms with van der Waals surface area (Å²) in [6.07, 6.45) is -0.997. The van der Waals surface area contributed by atoms with Crippen molar-refractivity contribution in [3.8, 4) is 11.5 Å². The van der Waals surface area contributed by atoms with Crippen molar-refractivity contribution in [2.24, 2.45) is 0 Å². The van der Waals surface area contributed by atoms with Gasteiger partial charge >= 0.3 is 0 Å². The first-order valence-electron chi connectivity index (χ1n) is 8.90. The van der Waals surface area contributed by atoms with Crippen LogP contribution in [-0.4, -0.2) is 24.5 Å². The number of hydrogen-bond donors (Lipinski definition) is 2. The Hall–Kier alpha value is -3.09. The number of carbonyl (C=O) groups excluding carboxylic acids is 2. The number of hydrazine groups is 1. The molecule has 0 aromatic heterocycles. The number of nitrogens with one attached hydrogen (secondary N) is 2. The maximum atomic E-state index is 13.5. The smallest absolute Gasteiger partial charge is 0.279 e. The second-order valence-corrected chi connectivity index (χ2v) is 7.29. The van der Waals surface area contributed by atoms with E-state index >= 15 is 0 Å². The van der Waals surface area contributed by atoms with Crippen molar-refractivity contribution < 1.29 is 23.5 Å². The molecular weight excluding hydrogens is 363 g/mol. The largest absolute Gasteiger partial charge is 0.484 e. The van der Waals surface area contributed by atoms with Crippen LogP contribution in [0, 0.1) is 5.82 Å². The van der Waals surface area contributed by atoms with Gasteiger partial charge in [-0.1, -0.05) is 45.0 Å². The highest BCUT2D eigenvalue weighted by atomic mass is 19.1. The van der Waals surface area contributed by atoms with E-state index in [1.807, 2.05) is 12.1 Å². The van der Waals surface area contributed by atoms with Crippen molar-refractivity contribution in [1.82, 2.24) is 10.9 Å². The Morgan fingerprint density at radius 1 is 1.04 bits per heavy atom. The quantitative estimate of drug-likeness (QED) is 0.746. The molecule has 6 nitrogen and oxygen atoms in total. The summed E-state index contributed by atoms with van der Waals surface area (Å²) >= 11 is 0. The number of hydrogen-bond acceptors (Lipinski definition) is 4. The van der Waals surface area contributed by atoms with Crippen LogP contribution in [0.4, 0.5) is 4.39 Å². The number of ether oxygens (including phenoxy) is 2. The fourth-order valence-electron chi connectivity index (χ4n) is 2.25. The average Bonchev–Trinajstić information content (AvgIpc) is 2.65. The summed E-state index contributed by atoms with van der Waals surface area (Å²) < 4.78 is 24.2. The first kappa shape index (κ1) is 21.2. The Kier molecular flexibility index (Phi) is 6.98. The molecule has 0 radical (unpaired) electrons. The maximum Gasteiger partial charge on any atom is 0.279 e. The highest BCUT2D eigenvalue weighted by molar-refractivity contribution is 5.85. The van der Waals surface area contributed by atoms with Gasteiger partial charge in [0.25, 0.3) is 11.8 Å². The van der Waals surface area contributed by atoms with Gasteiger partial charge in [-0.15, -0.1) is 0 Å². The molecule has 7 heteroatoms. The molecule has 0 heterocycles. The summed E-state index contributed by atoms with van der Waals surface area (Å²) in [5.74, 6) is -1.22. The zero-order valence-electron chi connectivity index (χ0n) is 16.4. The second kappa shape index (κ2) is 9.21. The van der Waals surface area contributed by atoms with E-state index in [1.54, 1.807) is 18.2 Å². The average molecular weight is 388 g/mol. The zero-order valence-corrected chi connectivity index (χ0v) is 16.4. The Bertz CT molecular complexity index is 816. The van der Waals surface area contributed by atoms with Crippen LogP contribution >= 0.6 is 0 Å². The molecule has 0 saturated carbocycles. The zero-order chi connectivity index (χ0) is 20.7. The summed E-state index contributed by atoms with van der Waals surface area (Å²) in [5.41, 5.74) is 5.64. The van der Waals surface area contributed by atoms with Crippen LogP contribution in [0.5, 0.6) is 11.5 Å². The normalized spacial score (nSPS) is 12.0. The lowest BCUT2D eigenvalue weighted by atomic mass is 9.87. The van der Waals surface area contributed by atoms with Crippen molar-refractivity contribution >= 4 is 11.8 Å². The third-order valence-corrected chi connectivity index (χ3v) is 3.93. The third-order valence-electron chi connectivity index (χ3n) is 3.93. The minimum atomic E-state index is -0.997. The fourth-order valence-corrected chi connectivity index (χ4v) is 2.25. The fraction of sp³-hybridized carbons (Fsp3) is 0.333. The van der Waals surface area contributed by atoms with Gasteiger partial charge in [0, 0.05) is 0 Å². The predicted octanol–water partition coefficient (Wildman–Crippen LogP) is 3.12. The van der Waals surface area contributed by atoms with Gasteiger partial charge < -0.3 is 9.47 Å². The van der Waals surface area contributed by atoms with Crippen LogP contribution in [-0.2, 0) is 15.0 Å². The van der Waals surface area contributed by atoms with Gasteiger partial charge in [0.1, 0.15) is 5.75 Å². The van der Waals surface area contributed by atoms with E-state index in [0.717, 1.165) is 5.56 Å². The van der Waals surface area contributed by atoms with E-state index in [-0.39, 0.29) is 17.8 Å². The minimum absolute atomic E-state index is 0.0294. The van der Waals surface area contributed by atoms with E-state index in [1.165, 1.54) is 25.1 Å². The number of para-hydroxylation sites is 1. The molecule has 0 aliphatic carbocycles. The Balaban J connectivity index is 1.75. The molecule has 0 aliphatic rings. The summed E-state index contributed by atoms with van der Waals surface area (Å²) in [6.45, 7) is 7.50. The van der Waals surface area contributed by atoms with Crippen molar-refractivity contribution in [3.63, 3.8) is 0 Å². The number of carbonyl (C=O) groups is 2. The predicted molar refractivity (Wildman–Crippen MR) is 103 cm³/mol. The van der Waals surface area contributed by atoms with Crippen LogP contribution < -0.4 is 20.3 Å². The molecule has 2 aromatic rings. The van der Waals surface area contributed by atoms with Gasteiger partial charge in [0.2, 0.25) is 0 Å². The van der Waals surface area contributed by atoms with Gasteiger partial charge in [0.05, 0.1) is 0 Å². The molecule has 0 fully saturated rings. The molecule has 2 aromatic carbocycles. The summed E-state index contributed by atoms with van der Waals surface area (Å²) in [4.78, 5) is 23.8. The molecule has 1 unspecified atom stereocenters. The molecule has 1 atom stereocenters. The molecule has 0 saturated heterocycles. The van der Waals surface area contributed by atoms with Crippen molar-refractivity contribution in [3.05, 3.63) is 59.9 Å². The summed E-state index contributed by atoms with van der Waals surface area (Å²) in [5, 5.41) is 0. The first-order chi connectivity index (χ1) is 13.2. The van der Waals surface area contributed by atoms with Crippen LogP contribution in [0.15, 0.2) is 48.5 Å². The van der Waals surface area contributed by atoms with Crippen molar-refractivity contribution in [2.45, 2.75) is 39.2 Å². The molecule has 2 rings (SSSR count). The first-order valence-corrected chi connectivity index (χ1v) is 8.90. The van der Waals surface area contributed by atoms with E-state index in [0.29, 0.717) is 5.75 Å². The molecule has 150 valence electrons. The highest BCUT2D eigenvalue weighted by Crippen LogP contribution is 2.24. The van der Waals surface area contributed by atoms with Gasteiger partial charge in [-0.05, 0) is 42.2 Å². The standard InChI is InChI=1S/C21H25FN2O4/c1-14(28-18-8-6-5-7-17(18)22)20(26)24-23-19(25)13-27-16-11-9-15(10-12-16)21(2,3)4/h5-12,14H,13H2,1-4H3,(H,23,25)(H,24,26). The molecular formula is C21H25FN2O4. The lowest BCUT2D eigenvalue weighted by Crippen LogP contribution is -2.48. The number of rotatable bonds is 6. The van der Waals surface area contributed by atoms with Gasteiger partial charge in [-0.25, -0.2) is 4.39 Å². The van der Waals surface area contributed by atoms with E-state index in [9.17, 15) is 14.0 Å². The van der Waals surface area contributed by atoms with Crippen molar-refractivity contribution in [2.75, 3.05) is 6.61 Å². The SMILES string of the molecule is CC(Oc1ccccc1F)C(=O)NNC(=O)COc1ccc(C(C)(C)C)cc1. The lowest BCUT2D eigenvalue weighted by molar-refractivity contribution is -0.133. The number of benzene rings is 2. The summed E-state index contributed by atoms with van der Waals surface area (Å²) in [6, 6.07) is 13.2. The molecule has 2 amide bonds.